The van der Waals surface area contributed by atoms with Gasteiger partial charge in [-0.15, -0.1) is 11.3 Å². The van der Waals surface area contributed by atoms with Crippen LogP contribution < -0.4 is 15.4 Å². The summed E-state index contributed by atoms with van der Waals surface area (Å²) in [4.78, 5) is 31.3. The molecule has 0 bridgehead atoms. The molecule has 1 atom stereocenters. The van der Waals surface area contributed by atoms with Crippen LogP contribution in [0, 0.1) is 0 Å². The lowest BCUT2D eigenvalue weighted by Crippen LogP contribution is -2.40. The number of halogens is 3. The molecule has 51 heavy (non-hydrogen) atoms. The maximum absolute atomic E-state index is 12.4. The fourth-order valence-electron chi connectivity index (χ4n) is 5.61. The number of nitrogens with zero attached hydrogens (tertiary/aromatic N) is 6. The minimum absolute atomic E-state index is 0.0204. The minimum atomic E-state index is -0.443. The van der Waals surface area contributed by atoms with Crippen molar-refractivity contribution in [3.8, 4) is 27.8 Å². The fraction of sp³-hybridized carbons (Fsp3) is 0.286. The van der Waals surface area contributed by atoms with Crippen molar-refractivity contribution in [1.29, 1.82) is 0 Å². The molecule has 16 heteroatoms. The van der Waals surface area contributed by atoms with E-state index < -0.39 is 5.91 Å². The Morgan fingerprint density at radius 2 is 1.86 bits per heavy atom. The molecule has 6 aromatic rings. The minimum Gasteiger partial charge on any atom is -0.508 e. The Bertz CT molecular complexity index is 2130. The number of carbonyl (C=O) groups excluding carboxylic acids is 1. The zero-order valence-corrected chi connectivity index (χ0v) is 32.2. The molecule has 1 amide bonds. The highest BCUT2D eigenvalue weighted by molar-refractivity contribution is 9.10. The van der Waals surface area contributed by atoms with E-state index in [4.69, 9.17) is 27.9 Å². The Balaban J connectivity index is 0.000000156. The van der Waals surface area contributed by atoms with Crippen LogP contribution in [0.4, 0.5) is 5.69 Å². The summed E-state index contributed by atoms with van der Waals surface area (Å²) >= 11 is 16.8. The normalized spacial score (nSPS) is 14.1. The number of aryl methyl sites for hydroxylation is 1. The standard InChI is InChI=1S/C15H20Cl2N2O3.C14H12N2OS.C6H5BrN4/c1-3-19-6-4-5-9(19)8-18-15(21)12-13(20)10(16)7-11(17)14(12)22-2;1-15-10-4-2-9(3-5-10)14-16-12-7-6-11(17)8-13(12)18-14;1-11-3-10-6-4(11)5(7)8-2-9-6/h7,9,20H,3-6,8H2,1-2H3,(H,18,21);2-8,15,17H,1H3;2-3H,1H3. The topological polar surface area (TPSA) is 151 Å². The number of hydrogen-bond donors (Lipinski definition) is 4. The van der Waals surface area contributed by atoms with Gasteiger partial charge in [-0.1, -0.05) is 30.1 Å². The molecular weight excluding hydrogens is 779 g/mol. The largest absolute Gasteiger partial charge is 0.508 e. The highest BCUT2D eigenvalue weighted by atomic mass is 79.9. The number of hydrogen-bond acceptors (Lipinski definition) is 11. The number of likely N-dealkylation sites (tertiary alicyclic amines) is 1. The highest BCUT2D eigenvalue weighted by Crippen LogP contribution is 2.40. The van der Waals surface area contributed by atoms with E-state index in [2.05, 4.69) is 58.3 Å². The molecule has 3 aromatic heterocycles. The number of fused-ring (bicyclic) bond motifs is 2. The van der Waals surface area contributed by atoms with Crippen LogP contribution in [0.5, 0.6) is 17.2 Å². The van der Waals surface area contributed by atoms with Crippen LogP contribution in [-0.2, 0) is 7.05 Å². The summed E-state index contributed by atoms with van der Waals surface area (Å²) in [6, 6.07) is 15.1. The van der Waals surface area contributed by atoms with Crippen molar-refractivity contribution in [2.24, 2.45) is 7.05 Å². The second-order valence-corrected chi connectivity index (χ2v) is 14.0. The molecule has 0 radical (unpaired) electrons. The van der Waals surface area contributed by atoms with Gasteiger partial charge in [0.05, 0.1) is 33.7 Å². The van der Waals surface area contributed by atoms with Gasteiger partial charge in [-0.05, 0) is 90.4 Å². The van der Waals surface area contributed by atoms with E-state index in [1.54, 1.807) is 29.8 Å². The third-order valence-corrected chi connectivity index (χ3v) is 10.5. The van der Waals surface area contributed by atoms with Crippen molar-refractivity contribution in [2.75, 3.05) is 39.1 Å². The summed E-state index contributed by atoms with van der Waals surface area (Å²) in [6.45, 7) is 4.62. The molecule has 1 fully saturated rings. The molecule has 4 heterocycles. The SMILES string of the molecule is CCN1CCCC1CNC(=O)c1c(O)c(Cl)cc(Cl)c1OC.CNc1ccc(-c2nc3ccc(O)cc3s2)cc1.Cn1cnc2ncnc(Br)c21. The van der Waals surface area contributed by atoms with Crippen molar-refractivity contribution in [1.82, 2.24) is 34.7 Å². The van der Waals surface area contributed by atoms with E-state index in [9.17, 15) is 15.0 Å². The number of phenolic OH excluding ortho intramolecular Hbond substituents is 2. The van der Waals surface area contributed by atoms with E-state index in [-0.39, 0.29) is 32.9 Å². The average Bonchev–Trinajstić information content (AvgIpc) is 3.88. The molecule has 1 unspecified atom stereocenters. The fourth-order valence-corrected chi connectivity index (χ4v) is 7.70. The van der Waals surface area contributed by atoms with Gasteiger partial charge in [0.2, 0.25) is 0 Å². The van der Waals surface area contributed by atoms with E-state index in [1.165, 1.54) is 19.5 Å². The smallest absolute Gasteiger partial charge is 0.259 e. The van der Waals surface area contributed by atoms with Gasteiger partial charge in [-0.25, -0.2) is 19.9 Å². The lowest BCUT2D eigenvalue weighted by atomic mass is 10.1. The second kappa shape index (κ2) is 17.3. The van der Waals surface area contributed by atoms with Gasteiger partial charge in [0.15, 0.2) is 17.1 Å². The number of benzene rings is 3. The Morgan fingerprint density at radius 3 is 2.55 bits per heavy atom. The first-order valence-electron chi connectivity index (χ1n) is 16.0. The Labute approximate surface area is 317 Å². The van der Waals surface area contributed by atoms with Crippen LogP contribution in [0.25, 0.3) is 32.0 Å². The summed E-state index contributed by atoms with van der Waals surface area (Å²) in [5.41, 5.74) is 4.71. The summed E-state index contributed by atoms with van der Waals surface area (Å²) in [6.07, 6.45) is 5.38. The second-order valence-electron chi connectivity index (χ2n) is 11.4. The third kappa shape index (κ3) is 9.00. The maximum atomic E-state index is 12.4. The van der Waals surface area contributed by atoms with Crippen LogP contribution in [-0.4, -0.2) is 85.4 Å². The molecule has 7 rings (SSSR count). The zero-order chi connectivity index (χ0) is 36.7. The number of anilines is 1. The van der Waals surface area contributed by atoms with Crippen molar-refractivity contribution >= 4 is 83.4 Å². The summed E-state index contributed by atoms with van der Waals surface area (Å²) in [5, 5.41) is 26.6. The van der Waals surface area contributed by atoms with Crippen molar-refractivity contribution in [3.63, 3.8) is 0 Å². The first kappa shape index (κ1) is 38.0. The number of methoxy groups -OCH3 is 1. The molecule has 268 valence electrons. The first-order valence-corrected chi connectivity index (χ1v) is 18.3. The van der Waals surface area contributed by atoms with E-state index in [0.717, 1.165) is 68.2 Å². The molecule has 0 aliphatic carbocycles. The molecule has 0 spiro atoms. The Kier molecular flexibility index (Phi) is 12.9. The molecule has 0 saturated carbocycles. The van der Waals surface area contributed by atoms with Gasteiger partial charge < -0.3 is 30.2 Å². The van der Waals surface area contributed by atoms with Crippen molar-refractivity contribution in [3.05, 3.63) is 81.4 Å². The Hall–Kier alpha value is -4.21. The number of likely N-dealkylation sites (N-methyl/N-ethyl adjacent to an activating group) is 1. The molecule has 12 nitrogen and oxygen atoms in total. The molecule has 4 N–H and O–H groups in total. The molecule has 3 aromatic carbocycles. The van der Waals surface area contributed by atoms with Crippen LogP contribution in [0.15, 0.2) is 65.8 Å². The number of ether oxygens (including phenoxy) is 1. The van der Waals surface area contributed by atoms with Gasteiger partial charge in [0.1, 0.15) is 32.8 Å². The van der Waals surface area contributed by atoms with Gasteiger partial charge in [0.25, 0.3) is 5.91 Å². The average molecular weight is 817 g/mol. The predicted molar refractivity (Wildman–Crippen MR) is 208 cm³/mol. The van der Waals surface area contributed by atoms with Gasteiger partial charge >= 0.3 is 0 Å². The molecule has 1 aliphatic heterocycles. The van der Waals surface area contributed by atoms with E-state index in [0.29, 0.717) is 12.6 Å². The number of aromatic nitrogens is 5. The summed E-state index contributed by atoms with van der Waals surface area (Å²) in [7, 11) is 5.19. The maximum Gasteiger partial charge on any atom is 0.259 e. The number of amides is 1. The Morgan fingerprint density at radius 1 is 1.10 bits per heavy atom. The third-order valence-electron chi connectivity index (χ3n) is 8.25. The highest BCUT2D eigenvalue weighted by Gasteiger charge is 2.27. The van der Waals surface area contributed by atoms with Gasteiger partial charge in [-0.2, -0.15) is 0 Å². The first-order chi connectivity index (χ1) is 24.5. The monoisotopic (exact) mass is 814 g/mol. The number of aromatic hydroxyl groups is 2. The lowest BCUT2D eigenvalue weighted by Gasteiger charge is -2.23. The number of rotatable bonds is 7. The van der Waals surface area contributed by atoms with Crippen LogP contribution in [0.1, 0.15) is 30.1 Å². The van der Waals surface area contributed by atoms with Crippen molar-refractivity contribution < 1.29 is 19.7 Å². The lowest BCUT2D eigenvalue weighted by molar-refractivity contribution is 0.0935. The van der Waals surface area contributed by atoms with Gasteiger partial charge in [0, 0.05) is 37.9 Å². The van der Waals surface area contributed by atoms with Crippen LogP contribution in [0.2, 0.25) is 10.0 Å². The predicted octanol–water partition coefficient (Wildman–Crippen LogP) is 7.76. The number of phenols is 2. The van der Waals surface area contributed by atoms with Crippen LogP contribution in [0.3, 0.4) is 0 Å². The van der Waals surface area contributed by atoms with Crippen molar-refractivity contribution in [2.45, 2.75) is 25.8 Å². The number of nitrogens with one attached hydrogen (secondary N) is 2. The van der Waals surface area contributed by atoms with Crippen LogP contribution >= 0.6 is 50.5 Å². The quantitative estimate of drug-likeness (QED) is 0.118. The number of imidazole rings is 1. The van der Waals surface area contributed by atoms with Gasteiger partial charge in [-0.3, -0.25) is 9.69 Å². The summed E-state index contributed by atoms with van der Waals surface area (Å²) in [5.74, 6) is -0.357. The number of thiazole rings is 1. The molecule has 1 saturated heterocycles. The van der Waals surface area contributed by atoms with E-state index in [1.807, 2.05) is 49.0 Å². The number of carbonyl (C=O) groups is 1. The summed E-state index contributed by atoms with van der Waals surface area (Å²) < 4.78 is 8.78. The molecule has 1 aliphatic rings. The zero-order valence-electron chi connectivity index (χ0n) is 28.3. The molecular formula is C35H37BrCl2N8O4S. The van der Waals surface area contributed by atoms with E-state index >= 15 is 0 Å².